The van der Waals surface area contributed by atoms with Crippen LogP contribution in [0.2, 0.25) is 0 Å². The van der Waals surface area contributed by atoms with E-state index < -0.39 is 12.0 Å². The van der Waals surface area contributed by atoms with Gasteiger partial charge >= 0.3 is 5.97 Å². The predicted octanol–water partition coefficient (Wildman–Crippen LogP) is 1.82. The van der Waals surface area contributed by atoms with Crippen LogP contribution in [0.3, 0.4) is 0 Å². The molecule has 0 aliphatic heterocycles. The van der Waals surface area contributed by atoms with E-state index in [1.807, 2.05) is 56.1 Å². The standard InChI is InChI=1S/C17H26N2O3/c1-5-13(2)16(17(21)22-4)18-15(20)12-19(3)11-14-9-7-6-8-10-14/h6-10,13,16H,5,11-12H2,1-4H3,(H,18,20)/t13-,16+/m0/s1. The number of likely N-dealkylation sites (N-methyl/N-ethyl adjacent to an activating group) is 1. The maximum absolute atomic E-state index is 12.1. The zero-order valence-electron chi connectivity index (χ0n) is 13.8. The second-order valence-electron chi connectivity index (χ2n) is 5.61. The van der Waals surface area contributed by atoms with Crippen LogP contribution in [0.1, 0.15) is 25.8 Å². The highest BCUT2D eigenvalue weighted by Gasteiger charge is 2.26. The summed E-state index contributed by atoms with van der Waals surface area (Å²) in [6.07, 6.45) is 0.792. The maximum Gasteiger partial charge on any atom is 0.328 e. The molecule has 5 nitrogen and oxygen atoms in total. The molecule has 1 aromatic rings. The molecule has 0 aliphatic carbocycles. The van der Waals surface area contributed by atoms with Gasteiger partial charge in [0.25, 0.3) is 0 Å². The summed E-state index contributed by atoms with van der Waals surface area (Å²) >= 11 is 0. The quantitative estimate of drug-likeness (QED) is 0.744. The molecule has 0 fully saturated rings. The molecule has 0 unspecified atom stereocenters. The van der Waals surface area contributed by atoms with Crippen molar-refractivity contribution in [1.29, 1.82) is 0 Å². The lowest BCUT2D eigenvalue weighted by Crippen LogP contribution is -2.48. The minimum Gasteiger partial charge on any atom is -0.467 e. The predicted molar refractivity (Wildman–Crippen MR) is 86.2 cm³/mol. The highest BCUT2D eigenvalue weighted by molar-refractivity contribution is 5.85. The Labute approximate surface area is 132 Å². The molecule has 1 N–H and O–H groups in total. The first kappa shape index (κ1) is 18.2. The molecule has 0 aromatic heterocycles. The van der Waals surface area contributed by atoms with Crippen LogP contribution in [0.4, 0.5) is 0 Å². The Bertz CT molecular complexity index is 476. The average Bonchev–Trinajstić information content (AvgIpc) is 2.51. The second-order valence-corrected chi connectivity index (χ2v) is 5.61. The zero-order valence-corrected chi connectivity index (χ0v) is 13.8. The van der Waals surface area contributed by atoms with E-state index in [0.717, 1.165) is 12.0 Å². The van der Waals surface area contributed by atoms with Crippen LogP contribution in [-0.2, 0) is 20.9 Å². The lowest BCUT2D eigenvalue weighted by molar-refractivity contribution is -0.146. The molecule has 2 atom stereocenters. The Kier molecular flexibility index (Phi) is 7.60. The first-order valence-corrected chi connectivity index (χ1v) is 7.57. The van der Waals surface area contributed by atoms with Gasteiger partial charge in [-0.1, -0.05) is 50.6 Å². The second kappa shape index (κ2) is 9.20. The van der Waals surface area contributed by atoms with Crippen molar-refractivity contribution >= 4 is 11.9 Å². The van der Waals surface area contributed by atoms with E-state index in [2.05, 4.69) is 5.32 Å². The van der Waals surface area contributed by atoms with Crippen molar-refractivity contribution in [1.82, 2.24) is 10.2 Å². The van der Waals surface area contributed by atoms with Crippen LogP contribution in [0, 0.1) is 5.92 Å². The van der Waals surface area contributed by atoms with Gasteiger partial charge in [-0.2, -0.15) is 0 Å². The number of esters is 1. The molecule has 0 saturated heterocycles. The molecule has 0 spiro atoms. The Morgan fingerprint density at radius 1 is 1.27 bits per heavy atom. The summed E-state index contributed by atoms with van der Waals surface area (Å²) in [5.74, 6) is -0.529. The highest BCUT2D eigenvalue weighted by Crippen LogP contribution is 2.09. The molecule has 0 saturated carbocycles. The average molecular weight is 306 g/mol. The van der Waals surface area contributed by atoms with Gasteiger partial charge in [0.2, 0.25) is 5.91 Å². The Balaban J connectivity index is 2.54. The smallest absolute Gasteiger partial charge is 0.328 e. The molecule has 1 aromatic carbocycles. The molecule has 0 aliphatic rings. The van der Waals surface area contributed by atoms with Gasteiger partial charge < -0.3 is 10.1 Å². The Morgan fingerprint density at radius 2 is 1.91 bits per heavy atom. The number of carbonyl (C=O) groups excluding carboxylic acids is 2. The zero-order chi connectivity index (χ0) is 16.5. The molecule has 122 valence electrons. The van der Waals surface area contributed by atoms with Crippen LogP contribution in [0.15, 0.2) is 30.3 Å². The minimum atomic E-state index is -0.590. The van der Waals surface area contributed by atoms with Crippen molar-refractivity contribution in [2.75, 3.05) is 20.7 Å². The van der Waals surface area contributed by atoms with E-state index in [0.29, 0.717) is 6.54 Å². The van der Waals surface area contributed by atoms with E-state index in [-0.39, 0.29) is 18.4 Å². The minimum absolute atomic E-state index is 0.0378. The number of hydrogen-bond donors (Lipinski definition) is 1. The fraction of sp³-hybridized carbons (Fsp3) is 0.529. The molecular weight excluding hydrogens is 280 g/mol. The summed E-state index contributed by atoms with van der Waals surface area (Å²) in [5.41, 5.74) is 1.14. The van der Waals surface area contributed by atoms with Crippen LogP contribution in [-0.4, -0.2) is 43.5 Å². The summed E-state index contributed by atoms with van der Waals surface area (Å²) in [4.78, 5) is 25.8. The van der Waals surface area contributed by atoms with E-state index >= 15 is 0 Å². The van der Waals surface area contributed by atoms with Crippen LogP contribution >= 0.6 is 0 Å². The van der Waals surface area contributed by atoms with E-state index in [1.165, 1.54) is 7.11 Å². The van der Waals surface area contributed by atoms with Crippen LogP contribution in [0.5, 0.6) is 0 Å². The summed E-state index contributed by atoms with van der Waals surface area (Å²) < 4.78 is 4.77. The number of rotatable bonds is 8. The fourth-order valence-electron chi connectivity index (χ4n) is 2.21. The van der Waals surface area contributed by atoms with Crippen LogP contribution in [0.25, 0.3) is 0 Å². The summed E-state index contributed by atoms with van der Waals surface area (Å²) in [7, 11) is 3.22. The number of nitrogens with one attached hydrogen (secondary N) is 1. The van der Waals surface area contributed by atoms with E-state index in [4.69, 9.17) is 4.74 Å². The maximum atomic E-state index is 12.1. The third kappa shape index (κ3) is 5.85. The number of nitrogens with zero attached hydrogens (tertiary/aromatic N) is 1. The van der Waals surface area contributed by atoms with Crippen molar-refractivity contribution in [2.24, 2.45) is 5.92 Å². The van der Waals surface area contributed by atoms with Gasteiger partial charge in [-0.15, -0.1) is 0 Å². The molecular formula is C17H26N2O3. The lowest BCUT2D eigenvalue weighted by atomic mass is 9.99. The third-order valence-electron chi connectivity index (χ3n) is 3.69. The lowest BCUT2D eigenvalue weighted by Gasteiger charge is -2.23. The number of carbonyl (C=O) groups is 2. The summed E-state index contributed by atoms with van der Waals surface area (Å²) in [6.45, 7) is 4.82. The van der Waals surface area contributed by atoms with Crippen molar-refractivity contribution in [3.8, 4) is 0 Å². The third-order valence-corrected chi connectivity index (χ3v) is 3.69. The molecule has 1 amide bonds. The van der Waals surface area contributed by atoms with Crippen molar-refractivity contribution in [2.45, 2.75) is 32.9 Å². The first-order valence-electron chi connectivity index (χ1n) is 7.57. The number of amides is 1. The molecule has 0 bridgehead atoms. The van der Waals surface area contributed by atoms with Gasteiger partial charge in [0.05, 0.1) is 13.7 Å². The molecule has 1 rings (SSSR count). The Morgan fingerprint density at radius 3 is 2.45 bits per heavy atom. The van der Waals surface area contributed by atoms with Gasteiger partial charge in [-0.25, -0.2) is 4.79 Å². The van der Waals surface area contributed by atoms with Crippen molar-refractivity contribution in [3.05, 3.63) is 35.9 Å². The van der Waals surface area contributed by atoms with E-state index in [9.17, 15) is 9.59 Å². The topological polar surface area (TPSA) is 58.6 Å². The van der Waals surface area contributed by atoms with Crippen molar-refractivity contribution < 1.29 is 14.3 Å². The Hall–Kier alpha value is -1.88. The van der Waals surface area contributed by atoms with Gasteiger partial charge in [0, 0.05) is 6.54 Å². The van der Waals surface area contributed by atoms with Gasteiger partial charge in [0.15, 0.2) is 0 Å². The summed E-state index contributed by atoms with van der Waals surface area (Å²) in [6, 6.07) is 9.35. The SMILES string of the molecule is CC[C@H](C)[C@@H](NC(=O)CN(C)Cc1ccccc1)C(=O)OC. The fourth-order valence-corrected chi connectivity index (χ4v) is 2.21. The van der Waals surface area contributed by atoms with Crippen molar-refractivity contribution in [3.63, 3.8) is 0 Å². The first-order chi connectivity index (χ1) is 10.5. The largest absolute Gasteiger partial charge is 0.467 e. The molecule has 0 heterocycles. The van der Waals surface area contributed by atoms with Crippen LogP contribution < -0.4 is 5.32 Å². The molecule has 5 heteroatoms. The van der Waals surface area contributed by atoms with Gasteiger partial charge in [-0.05, 0) is 18.5 Å². The highest BCUT2D eigenvalue weighted by atomic mass is 16.5. The van der Waals surface area contributed by atoms with Gasteiger partial charge in [-0.3, -0.25) is 9.69 Å². The number of methoxy groups -OCH3 is 1. The molecule has 0 radical (unpaired) electrons. The van der Waals surface area contributed by atoms with Gasteiger partial charge in [0.1, 0.15) is 6.04 Å². The number of ether oxygens (including phenoxy) is 1. The monoisotopic (exact) mass is 306 g/mol. The molecule has 22 heavy (non-hydrogen) atoms. The summed E-state index contributed by atoms with van der Waals surface area (Å²) in [5, 5.41) is 2.78. The number of benzene rings is 1. The number of hydrogen-bond acceptors (Lipinski definition) is 4. The normalized spacial score (nSPS) is 13.5. The van der Waals surface area contributed by atoms with E-state index in [1.54, 1.807) is 0 Å².